The van der Waals surface area contributed by atoms with Gasteiger partial charge in [0.1, 0.15) is 0 Å². The molecule has 0 radical (unpaired) electrons. The van der Waals surface area contributed by atoms with E-state index in [1.165, 1.54) is 0 Å². The second-order valence-electron chi connectivity index (χ2n) is 4.46. The minimum absolute atomic E-state index is 0.120. The summed E-state index contributed by atoms with van der Waals surface area (Å²) in [6, 6.07) is 13.9. The highest BCUT2D eigenvalue weighted by molar-refractivity contribution is 6.12. The fraction of sp³-hybridized carbons (Fsp3) is 0. The largest absolute Gasteiger partial charge is 0.494 e. The monoisotopic (exact) mass is 265 g/mol. The van der Waals surface area contributed by atoms with Crippen LogP contribution in [0.25, 0.3) is 10.9 Å². The van der Waals surface area contributed by atoms with Crippen molar-refractivity contribution in [3.8, 4) is 5.88 Å². The lowest BCUT2D eigenvalue weighted by Crippen LogP contribution is -2.00. The van der Waals surface area contributed by atoms with Gasteiger partial charge >= 0.3 is 0 Å². The molecule has 0 fully saturated rings. The van der Waals surface area contributed by atoms with Gasteiger partial charge in [0.2, 0.25) is 0 Å². The van der Waals surface area contributed by atoms with Crippen LogP contribution in [0.3, 0.4) is 0 Å². The van der Waals surface area contributed by atoms with E-state index >= 15 is 0 Å². The van der Waals surface area contributed by atoms with Gasteiger partial charge in [-0.15, -0.1) is 0 Å². The topological polar surface area (TPSA) is 70.2 Å². The Morgan fingerprint density at radius 2 is 1.80 bits per heavy atom. The summed E-state index contributed by atoms with van der Waals surface area (Å²) < 4.78 is 0. The minimum atomic E-state index is -0.181. The Kier molecular flexibility index (Phi) is 2.84. The van der Waals surface area contributed by atoms with Crippen molar-refractivity contribution >= 4 is 23.0 Å². The van der Waals surface area contributed by atoms with Gasteiger partial charge < -0.3 is 10.1 Å². The highest BCUT2D eigenvalue weighted by Gasteiger charge is 2.14. The van der Waals surface area contributed by atoms with Gasteiger partial charge in [-0.25, -0.2) is 0 Å². The smallest absolute Gasteiger partial charge is 0.200 e. The standard InChI is InChI=1S/C16H11NO3/c18-9-13-12-8-11(6-7-14(12)17-16(13)20)15(19)10-4-2-1-3-5-10/h1-9,17,20H. The summed E-state index contributed by atoms with van der Waals surface area (Å²) in [5.41, 5.74) is 1.85. The van der Waals surface area contributed by atoms with E-state index in [4.69, 9.17) is 0 Å². The average Bonchev–Trinajstić information content (AvgIpc) is 2.81. The second-order valence-corrected chi connectivity index (χ2v) is 4.46. The molecule has 3 aromatic rings. The van der Waals surface area contributed by atoms with Gasteiger partial charge in [-0.05, 0) is 18.2 Å². The quantitative estimate of drug-likeness (QED) is 0.565. The van der Waals surface area contributed by atoms with E-state index in [0.29, 0.717) is 28.3 Å². The highest BCUT2D eigenvalue weighted by Crippen LogP contribution is 2.27. The van der Waals surface area contributed by atoms with E-state index in [1.54, 1.807) is 42.5 Å². The summed E-state index contributed by atoms with van der Waals surface area (Å²) in [5.74, 6) is -0.302. The summed E-state index contributed by atoms with van der Waals surface area (Å²) in [6.45, 7) is 0. The molecule has 0 saturated carbocycles. The van der Waals surface area contributed by atoms with Crippen LogP contribution in [-0.4, -0.2) is 22.2 Å². The Hall–Kier alpha value is -2.88. The number of aromatic amines is 1. The molecule has 0 bridgehead atoms. The molecule has 20 heavy (non-hydrogen) atoms. The number of nitrogens with one attached hydrogen (secondary N) is 1. The van der Waals surface area contributed by atoms with Gasteiger partial charge in [-0.2, -0.15) is 0 Å². The maximum absolute atomic E-state index is 12.3. The first-order chi connectivity index (χ1) is 9.70. The van der Waals surface area contributed by atoms with Crippen LogP contribution >= 0.6 is 0 Å². The number of ketones is 1. The van der Waals surface area contributed by atoms with Crippen LogP contribution in [0.4, 0.5) is 0 Å². The lowest BCUT2D eigenvalue weighted by atomic mass is 10.0. The number of aromatic hydroxyl groups is 1. The maximum atomic E-state index is 12.3. The fourth-order valence-electron chi connectivity index (χ4n) is 2.22. The molecule has 1 aromatic heterocycles. The van der Waals surface area contributed by atoms with E-state index in [1.807, 2.05) is 6.07 Å². The molecule has 4 nitrogen and oxygen atoms in total. The molecule has 0 unspecified atom stereocenters. The predicted molar refractivity (Wildman–Crippen MR) is 75.2 cm³/mol. The van der Waals surface area contributed by atoms with Gasteiger partial charge in [0, 0.05) is 22.0 Å². The summed E-state index contributed by atoms with van der Waals surface area (Å²) in [5, 5.41) is 10.2. The number of fused-ring (bicyclic) bond motifs is 1. The highest BCUT2D eigenvalue weighted by atomic mass is 16.3. The van der Waals surface area contributed by atoms with Crippen molar-refractivity contribution in [3.63, 3.8) is 0 Å². The van der Waals surface area contributed by atoms with Gasteiger partial charge in [0.25, 0.3) is 0 Å². The first-order valence-corrected chi connectivity index (χ1v) is 6.10. The van der Waals surface area contributed by atoms with Crippen molar-refractivity contribution in [2.45, 2.75) is 0 Å². The number of hydrogen-bond acceptors (Lipinski definition) is 3. The zero-order valence-electron chi connectivity index (χ0n) is 10.5. The predicted octanol–water partition coefficient (Wildman–Crippen LogP) is 2.92. The van der Waals surface area contributed by atoms with E-state index < -0.39 is 0 Å². The Labute approximate surface area is 114 Å². The van der Waals surface area contributed by atoms with Gasteiger partial charge in [0.15, 0.2) is 17.9 Å². The van der Waals surface area contributed by atoms with E-state index in [2.05, 4.69) is 4.98 Å². The molecule has 1 heterocycles. The zero-order chi connectivity index (χ0) is 14.1. The number of aromatic nitrogens is 1. The third-order valence-corrected chi connectivity index (χ3v) is 3.23. The number of carbonyl (C=O) groups excluding carboxylic acids is 2. The number of rotatable bonds is 3. The normalized spacial score (nSPS) is 10.6. The molecule has 0 saturated heterocycles. The van der Waals surface area contributed by atoms with Gasteiger partial charge in [-0.3, -0.25) is 9.59 Å². The molecule has 0 aliphatic heterocycles. The van der Waals surface area contributed by atoms with Crippen molar-refractivity contribution in [3.05, 3.63) is 65.2 Å². The maximum Gasteiger partial charge on any atom is 0.200 e. The lowest BCUT2D eigenvalue weighted by molar-refractivity contribution is 0.103. The molecule has 0 aliphatic rings. The van der Waals surface area contributed by atoms with Gasteiger partial charge in [-0.1, -0.05) is 30.3 Å². The first-order valence-electron chi connectivity index (χ1n) is 6.10. The van der Waals surface area contributed by atoms with Crippen LogP contribution < -0.4 is 0 Å². The molecule has 0 amide bonds. The Morgan fingerprint density at radius 1 is 1.05 bits per heavy atom. The zero-order valence-corrected chi connectivity index (χ0v) is 10.5. The lowest BCUT2D eigenvalue weighted by Gasteiger charge is -2.01. The summed E-state index contributed by atoms with van der Waals surface area (Å²) in [4.78, 5) is 26.0. The van der Waals surface area contributed by atoms with Gasteiger partial charge in [0.05, 0.1) is 5.56 Å². The van der Waals surface area contributed by atoms with Crippen LogP contribution in [0.2, 0.25) is 0 Å². The van der Waals surface area contributed by atoms with Crippen LogP contribution in [0, 0.1) is 0 Å². The van der Waals surface area contributed by atoms with E-state index in [-0.39, 0.29) is 17.2 Å². The second kappa shape index (κ2) is 4.66. The van der Waals surface area contributed by atoms with Crippen molar-refractivity contribution in [1.82, 2.24) is 4.98 Å². The van der Waals surface area contributed by atoms with Crippen molar-refractivity contribution in [2.75, 3.05) is 0 Å². The first kappa shape index (κ1) is 12.2. The van der Waals surface area contributed by atoms with Crippen molar-refractivity contribution in [1.29, 1.82) is 0 Å². The summed E-state index contributed by atoms with van der Waals surface area (Å²) in [7, 11) is 0. The molecular weight excluding hydrogens is 254 g/mol. The van der Waals surface area contributed by atoms with Crippen LogP contribution in [-0.2, 0) is 0 Å². The Bertz CT molecular complexity index is 803. The molecule has 0 aliphatic carbocycles. The molecule has 0 spiro atoms. The summed E-state index contributed by atoms with van der Waals surface area (Å²) >= 11 is 0. The van der Waals surface area contributed by atoms with Crippen LogP contribution in [0.15, 0.2) is 48.5 Å². The molecule has 98 valence electrons. The van der Waals surface area contributed by atoms with E-state index in [0.717, 1.165) is 0 Å². The number of benzene rings is 2. The molecular formula is C16H11NO3. The molecule has 4 heteroatoms. The average molecular weight is 265 g/mol. The molecule has 3 rings (SSSR count). The van der Waals surface area contributed by atoms with E-state index in [9.17, 15) is 14.7 Å². The molecule has 2 aromatic carbocycles. The Balaban J connectivity index is 2.13. The summed E-state index contributed by atoms with van der Waals surface area (Å²) in [6.07, 6.45) is 0.574. The molecule has 0 atom stereocenters. The Morgan fingerprint density at radius 3 is 2.50 bits per heavy atom. The molecule has 2 N–H and O–H groups in total. The minimum Gasteiger partial charge on any atom is -0.494 e. The number of carbonyl (C=O) groups is 2. The third-order valence-electron chi connectivity index (χ3n) is 3.23. The number of H-pyrrole nitrogens is 1. The third kappa shape index (κ3) is 1.87. The number of aldehydes is 1. The number of hydrogen-bond donors (Lipinski definition) is 2. The SMILES string of the molecule is O=Cc1c(O)[nH]c2ccc(C(=O)c3ccccc3)cc12. The van der Waals surface area contributed by atoms with Crippen molar-refractivity contribution in [2.24, 2.45) is 0 Å². The van der Waals surface area contributed by atoms with Crippen LogP contribution in [0.5, 0.6) is 5.88 Å². The fourth-order valence-corrected chi connectivity index (χ4v) is 2.22. The van der Waals surface area contributed by atoms with Crippen LogP contribution in [0.1, 0.15) is 26.3 Å². The van der Waals surface area contributed by atoms with Crippen molar-refractivity contribution < 1.29 is 14.7 Å².